The molecule has 102 valence electrons. The van der Waals surface area contributed by atoms with Gasteiger partial charge in [0.05, 0.1) is 17.9 Å². The Hall–Kier alpha value is -1.91. The van der Waals surface area contributed by atoms with Crippen LogP contribution in [0.15, 0.2) is 33.5 Å². The fraction of sp³-hybridized carbons (Fsp3) is 0.0714. The van der Waals surface area contributed by atoms with Crippen molar-refractivity contribution in [3.05, 3.63) is 44.5 Å². The molecule has 0 aliphatic heterocycles. The normalized spacial score (nSPS) is 11.2. The van der Waals surface area contributed by atoms with Crippen molar-refractivity contribution in [3.8, 4) is 11.5 Å². The van der Waals surface area contributed by atoms with Crippen LogP contribution in [0, 0.1) is 0 Å². The van der Waals surface area contributed by atoms with Crippen LogP contribution in [0.1, 0.15) is 0 Å². The van der Waals surface area contributed by atoms with Crippen LogP contribution in [-0.2, 0) is 0 Å². The fourth-order valence-corrected chi connectivity index (χ4v) is 2.53. The number of benzene rings is 2. The summed E-state index contributed by atoms with van der Waals surface area (Å²) in [7, 11) is 1.46. The van der Waals surface area contributed by atoms with Crippen molar-refractivity contribution in [2.75, 3.05) is 7.11 Å². The summed E-state index contributed by atoms with van der Waals surface area (Å²) in [5.41, 5.74) is 0.00281. The molecule has 0 amide bonds. The highest BCUT2D eigenvalue weighted by molar-refractivity contribution is 6.37. The maximum absolute atomic E-state index is 12.4. The molecule has 1 heterocycles. The molecule has 3 aromatic rings. The third kappa shape index (κ3) is 1.72. The Morgan fingerprint density at radius 1 is 1.05 bits per heavy atom. The molecule has 0 saturated carbocycles. The first-order valence-corrected chi connectivity index (χ1v) is 6.40. The summed E-state index contributed by atoms with van der Waals surface area (Å²) in [5.74, 6) is 0.221. The Morgan fingerprint density at radius 3 is 2.30 bits per heavy atom. The molecule has 1 aromatic heterocycles. The Bertz CT molecular complexity index is 899. The van der Waals surface area contributed by atoms with Crippen molar-refractivity contribution in [2.45, 2.75) is 0 Å². The molecule has 0 spiro atoms. The molecule has 4 nitrogen and oxygen atoms in total. The monoisotopic (exact) mass is 310 g/mol. The van der Waals surface area contributed by atoms with Crippen LogP contribution in [-0.4, -0.2) is 12.2 Å². The zero-order chi connectivity index (χ0) is 14.4. The average Bonchev–Trinajstić information content (AvgIpc) is 2.45. The maximum atomic E-state index is 12.4. The summed E-state index contributed by atoms with van der Waals surface area (Å²) in [6.07, 6.45) is 0. The minimum atomic E-state index is -0.271. The number of fused-ring (bicyclic) bond motifs is 2. The Balaban J connectivity index is 2.58. The molecule has 0 saturated heterocycles. The number of phenols is 1. The molecular formula is C14H8Cl2O4. The summed E-state index contributed by atoms with van der Waals surface area (Å²) in [6, 6.07) is 5.97. The quantitative estimate of drug-likeness (QED) is 0.691. The van der Waals surface area contributed by atoms with Gasteiger partial charge in [-0.3, -0.25) is 4.79 Å². The van der Waals surface area contributed by atoms with Gasteiger partial charge in [0.25, 0.3) is 0 Å². The highest BCUT2D eigenvalue weighted by Crippen LogP contribution is 2.36. The third-order valence-corrected chi connectivity index (χ3v) is 3.77. The van der Waals surface area contributed by atoms with E-state index in [0.717, 1.165) is 0 Å². The Morgan fingerprint density at radius 2 is 1.65 bits per heavy atom. The van der Waals surface area contributed by atoms with Gasteiger partial charge in [-0.05, 0) is 24.3 Å². The molecule has 0 aliphatic rings. The average molecular weight is 311 g/mol. The maximum Gasteiger partial charge on any atom is 0.200 e. The van der Waals surface area contributed by atoms with Crippen LogP contribution in [0.5, 0.6) is 11.5 Å². The first kappa shape index (κ1) is 13.1. The molecular weight excluding hydrogens is 303 g/mol. The molecule has 0 atom stereocenters. The van der Waals surface area contributed by atoms with E-state index >= 15 is 0 Å². The van der Waals surface area contributed by atoms with Gasteiger partial charge in [0.1, 0.15) is 21.5 Å². The van der Waals surface area contributed by atoms with Crippen LogP contribution in [0.2, 0.25) is 10.0 Å². The van der Waals surface area contributed by atoms with Gasteiger partial charge in [0.2, 0.25) is 5.43 Å². The van der Waals surface area contributed by atoms with Crippen LogP contribution in [0.25, 0.3) is 21.9 Å². The van der Waals surface area contributed by atoms with Crippen LogP contribution >= 0.6 is 23.2 Å². The van der Waals surface area contributed by atoms with Gasteiger partial charge in [0, 0.05) is 0 Å². The molecule has 6 heteroatoms. The molecule has 0 fully saturated rings. The first-order valence-electron chi connectivity index (χ1n) is 5.65. The summed E-state index contributed by atoms with van der Waals surface area (Å²) in [4.78, 5) is 12.4. The van der Waals surface area contributed by atoms with Crippen molar-refractivity contribution >= 4 is 45.1 Å². The number of ether oxygens (including phenoxy) is 1. The van der Waals surface area contributed by atoms with Gasteiger partial charge in [-0.25, -0.2) is 0 Å². The number of methoxy groups -OCH3 is 1. The van der Waals surface area contributed by atoms with E-state index in [-0.39, 0.29) is 37.8 Å². The van der Waals surface area contributed by atoms with Crippen LogP contribution in [0.3, 0.4) is 0 Å². The highest BCUT2D eigenvalue weighted by Gasteiger charge is 2.16. The van der Waals surface area contributed by atoms with E-state index in [1.807, 2.05) is 0 Å². The molecule has 1 N–H and O–H groups in total. The van der Waals surface area contributed by atoms with Gasteiger partial charge >= 0.3 is 0 Å². The minimum absolute atomic E-state index is 0.0274. The number of rotatable bonds is 1. The molecule has 3 rings (SSSR count). The van der Waals surface area contributed by atoms with Crippen molar-refractivity contribution < 1.29 is 14.3 Å². The zero-order valence-corrected chi connectivity index (χ0v) is 11.7. The summed E-state index contributed by atoms with van der Waals surface area (Å²) in [5, 5.41) is 10.4. The summed E-state index contributed by atoms with van der Waals surface area (Å²) >= 11 is 12.1. The number of hydrogen-bond acceptors (Lipinski definition) is 4. The lowest BCUT2D eigenvalue weighted by Gasteiger charge is -2.08. The van der Waals surface area contributed by atoms with E-state index in [9.17, 15) is 9.90 Å². The minimum Gasteiger partial charge on any atom is -0.506 e. The molecule has 2 aromatic carbocycles. The zero-order valence-electron chi connectivity index (χ0n) is 10.2. The number of hydrogen-bond donors (Lipinski definition) is 1. The van der Waals surface area contributed by atoms with E-state index < -0.39 is 0 Å². The molecule has 0 unspecified atom stereocenters. The third-order valence-electron chi connectivity index (χ3n) is 3.05. The van der Waals surface area contributed by atoms with Crippen LogP contribution in [0.4, 0.5) is 0 Å². The van der Waals surface area contributed by atoms with Crippen molar-refractivity contribution in [1.82, 2.24) is 0 Å². The molecule has 0 radical (unpaired) electrons. The Kier molecular flexibility index (Phi) is 3.00. The second-order valence-corrected chi connectivity index (χ2v) is 4.92. The topological polar surface area (TPSA) is 59.7 Å². The second kappa shape index (κ2) is 4.58. The predicted octanol–water partition coefficient (Wildman–Crippen LogP) is 3.97. The van der Waals surface area contributed by atoms with Gasteiger partial charge in [-0.1, -0.05) is 23.2 Å². The standard InChI is InChI=1S/C14H8Cl2O4/c1-19-9-5-3-7-12(18)6-2-4-8(17)10(15)13(6)20-14(7)11(9)16/h2-5,17H,1H3. The summed E-state index contributed by atoms with van der Waals surface area (Å²) in [6.45, 7) is 0. The molecule has 0 aliphatic carbocycles. The van der Waals surface area contributed by atoms with Crippen LogP contribution < -0.4 is 10.2 Å². The van der Waals surface area contributed by atoms with Gasteiger partial charge in [0.15, 0.2) is 11.2 Å². The first-order chi connectivity index (χ1) is 9.54. The number of halogens is 2. The van der Waals surface area contributed by atoms with Crippen molar-refractivity contribution in [1.29, 1.82) is 0 Å². The lowest BCUT2D eigenvalue weighted by molar-refractivity contribution is 0.415. The van der Waals surface area contributed by atoms with Crippen molar-refractivity contribution in [3.63, 3.8) is 0 Å². The van der Waals surface area contributed by atoms with E-state index in [1.165, 1.54) is 19.2 Å². The molecule has 20 heavy (non-hydrogen) atoms. The summed E-state index contributed by atoms with van der Waals surface area (Å²) < 4.78 is 10.7. The lowest BCUT2D eigenvalue weighted by atomic mass is 10.1. The van der Waals surface area contributed by atoms with E-state index in [0.29, 0.717) is 11.1 Å². The predicted molar refractivity (Wildman–Crippen MR) is 78.2 cm³/mol. The smallest absolute Gasteiger partial charge is 0.200 e. The second-order valence-electron chi connectivity index (χ2n) is 4.17. The Labute approximate surface area is 123 Å². The lowest BCUT2D eigenvalue weighted by Crippen LogP contribution is -2.03. The number of phenolic OH excluding ortho intramolecular Hbond substituents is 1. The van der Waals surface area contributed by atoms with E-state index in [4.69, 9.17) is 32.4 Å². The fourth-order valence-electron chi connectivity index (χ4n) is 2.05. The largest absolute Gasteiger partial charge is 0.506 e. The SMILES string of the molecule is COc1ccc2c(=O)c3ccc(O)c(Cl)c3oc2c1Cl. The van der Waals surface area contributed by atoms with E-state index in [2.05, 4.69) is 0 Å². The van der Waals surface area contributed by atoms with Crippen molar-refractivity contribution in [2.24, 2.45) is 0 Å². The molecule has 0 bridgehead atoms. The van der Waals surface area contributed by atoms with E-state index in [1.54, 1.807) is 12.1 Å². The van der Waals surface area contributed by atoms with Gasteiger partial charge in [-0.15, -0.1) is 0 Å². The van der Waals surface area contributed by atoms with Gasteiger partial charge < -0.3 is 14.3 Å². The number of aromatic hydroxyl groups is 1. The highest BCUT2D eigenvalue weighted by atomic mass is 35.5. The van der Waals surface area contributed by atoms with Gasteiger partial charge in [-0.2, -0.15) is 0 Å².